The molecule has 0 fully saturated rings. The van der Waals surface area contributed by atoms with E-state index in [1.54, 1.807) is 7.11 Å². The van der Waals surface area contributed by atoms with Crippen LogP contribution in [0.25, 0.3) is 0 Å². The topological polar surface area (TPSA) is 38.2 Å². The zero-order chi connectivity index (χ0) is 11.3. The Morgan fingerprint density at radius 2 is 2.33 bits per heavy atom. The van der Waals surface area contributed by atoms with Gasteiger partial charge in [-0.25, -0.2) is 0 Å². The zero-order valence-corrected chi connectivity index (χ0v) is 10.8. The lowest BCUT2D eigenvalue weighted by Gasteiger charge is -2.26. The molecule has 0 saturated carbocycles. The highest BCUT2D eigenvalue weighted by atomic mass is 35.5. The van der Waals surface area contributed by atoms with Crippen molar-refractivity contribution in [2.75, 3.05) is 20.3 Å². The van der Waals surface area contributed by atoms with Crippen molar-refractivity contribution >= 4 is 23.1 Å². The van der Waals surface area contributed by atoms with Gasteiger partial charge in [-0.15, -0.1) is 5.10 Å². The van der Waals surface area contributed by atoms with Crippen LogP contribution in [0.3, 0.4) is 0 Å². The molecular weight excluding hydrogens is 234 g/mol. The average molecular weight is 250 g/mol. The summed E-state index contributed by atoms with van der Waals surface area (Å²) in [4.78, 5) is 2.26. The summed E-state index contributed by atoms with van der Waals surface area (Å²) in [6.07, 6.45) is 0. The molecule has 4 nitrogen and oxygen atoms in total. The smallest absolute Gasteiger partial charge is 0.138 e. The molecule has 0 aliphatic rings. The highest BCUT2D eigenvalue weighted by Crippen LogP contribution is 2.19. The molecule has 15 heavy (non-hydrogen) atoms. The van der Waals surface area contributed by atoms with E-state index in [4.69, 9.17) is 16.3 Å². The molecule has 0 amide bonds. The van der Waals surface area contributed by atoms with Gasteiger partial charge in [0.05, 0.1) is 6.61 Å². The Hall–Kier alpha value is -0.230. The van der Waals surface area contributed by atoms with Gasteiger partial charge in [0, 0.05) is 31.2 Å². The number of likely N-dealkylation sites (N-methyl/N-ethyl adjacent to an activating group) is 1. The number of ether oxygens (including phenoxy) is 1. The van der Waals surface area contributed by atoms with Crippen LogP contribution in [0.2, 0.25) is 4.34 Å². The lowest BCUT2D eigenvalue weighted by atomic mass is 10.3. The molecule has 0 N–H and O–H groups in total. The molecule has 6 heteroatoms. The minimum Gasteiger partial charge on any atom is -0.383 e. The molecule has 0 spiro atoms. The van der Waals surface area contributed by atoms with Crippen LogP contribution in [-0.2, 0) is 11.3 Å². The van der Waals surface area contributed by atoms with E-state index >= 15 is 0 Å². The van der Waals surface area contributed by atoms with E-state index in [1.807, 2.05) is 0 Å². The van der Waals surface area contributed by atoms with Crippen molar-refractivity contribution in [1.82, 2.24) is 14.5 Å². The molecule has 0 bridgehead atoms. The summed E-state index contributed by atoms with van der Waals surface area (Å²) in [5.41, 5.74) is 0.853. The van der Waals surface area contributed by atoms with Crippen LogP contribution in [0, 0.1) is 0 Å². The first-order valence-corrected chi connectivity index (χ1v) is 6.03. The maximum atomic E-state index is 5.96. The van der Waals surface area contributed by atoms with Crippen LogP contribution in [-0.4, -0.2) is 40.8 Å². The summed E-state index contributed by atoms with van der Waals surface area (Å²) in [5, 5.41) is 4.00. The van der Waals surface area contributed by atoms with Gasteiger partial charge >= 0.3 is 0 Å². The Bertz CT molecular complexity index is 295. The van der Waals surface area contributed by atoms with Crippen molar-refractivity contribution in [3.05, 3.63) is 10.0 Å². The fourth-order valence-corrected chi connectivity index (χ4v) is 2.02. The zero-order valence-electron chi connectivity index (χ0n) is 9.23. The molecule has 1 aromatic heterocycles. The van der Waals surface area contributed by atoms with Crippen molar-refractivity contribution < 1.29 is 4.74 Å². The fourth-order valence-electron chi connectivity index (χ4n) is 1.41. The third-order valence-electron chi connectivity index (χ3n) is 2.30. The normalized spacial score (nSPS) is 13.4. The van der Waals surface area contributed by atoms with Crippen LogP contribution in [0.5, 0.6) is 0 Å². The monoisotopic (exact) mass is 249 g/mol. The Kier molecular flexibility index (Phi) is 5.45. The lowest BCUT2D eigenvalue weighted by Crippen LogP contribution is -2.35. The molecule has 0 saturated heterocycles. The molecule has 1 heterocycles. The van der Waals surface area contributed by atoms with Gasteiger partial charge < -0.3 is 4.74 Å². The average Bonchev–Trinajstić information content (AvgIpc) is 2.61. The molecule has 86 valence electrons. The minimum absolute atomic E-state index is 0.359. The summed E-state index contributed by atoms with van der Waals surface area (Å²) < 4.78 is 9.62. The second kappa shape index (κ2) is 6.37. The highest BCUT2D eigenvalue weighted by molar-refractivity contribution is 7.10. The molecule has 0 aromatic carbocycles. The Morgan fingerprint density at radius 1 is 1.60 bits per heavy atom. The SMILES string of the molecule is CCN(Cc1nnsc1Cl)C(C)COC. The highest BCUT2D eigenvalue weighted by Gasteiger charge is 2.15. The first kappa shape index (κ1) is 12.8. The van der Waals surface area contributed by atoms with Crippen LogP contribution in [0.15, 0.2) is 0 Å². The van der Waals surface area contributed by atoms with Gasteiger partial charge in [-0.05, 0) is 13.5 Å². The van der Waals surface area contributed by atoms with E-state index in [9.17, 15) is 0 Å². The summed E-state index contributed by atoms with van der Waals surface area (Å²) in [6, 6.07) is 0.359. The third-order valence-corrected chi connectivity index (χ3v) is 3.28. The number of hydrogen-bond acceptors (Lipinski definition) is 5. The van der Waals surface area contributed by atoms with Crippen LogP contribution in [0.1, 0.15) is 19.5 Å². The van der Waals surface area contributed by atoms with Crippen LogP contribution in [0.4, 0.5) is 0 Å². The maximum Gasteiger partial charge on any atom is 0.138 e. The maximum absolute atomic E-state index is 5.96. The van der Waals surface area contributed by atoms with Crippen molar-refractivity contribution in [2.45, 2.75) is 26.4 Å². The van der Waals surface area contributed by atoms with Gasteiger partial charge in [0.25, 0.3) is 0 Å². The van der Waals surface area contributed by atoms with Gasteiger partial charge in [-0.3, -0.25) is 4.90 Å². The molecule has 0 aliphatic heterocycles. The fraction of sp³-hybridized carbons (Fsp3) is 0.778. The Labute approximate surface area is 99.4 Å². The van der Waals surface area contributed by atoms with E-state index in [0.717, 1.165) is 18.8 Å². The minimum atomic E-state index is 0.359. The number of hydrogen-bond donors (Lipinski definition) is 0. The Balaban J connectivity index is 2.57. The van der Waals surface area contributed by atoms with Crippen molar-refractivity contribution in [3.63, 3.8) is 0 Å². The van der Waals surface area contributed by atoms with E-state index in [0.29, 0.717) is 17.0 Å². The lowest BCUT2D eigenvalue weighted by molar-refractivity contribution is 0.0974. The first-order valence-electron chi connectivity index (χ1n) is 4.88. The number of methoxy groups -OCH3 is 1. The van der Waals surface area contributed by atoms with Gasteiger partial charge in [-0.2, -0.15) is 0 Å². The molecule has 1 rings (SSSR count). The third kappa shape index (κ3) is 3.68. The number of rotatable bonds is 6. The van der Waals surface area contributed by atoms with Gasteiger partial charge in [0.15, 0.2) is 0 Å². The summed E-state index contributed by atoms with van der Waals surface area (Å²) in [6.45, 7) is 6.62. The summed E-state index contributed by atoms with van der Waals surface area (Å²) in [7, 11) is 1.71. The van der Waals surface area contributed by atoms with Crippen molar-refractivity contribution in [3.8, 4) is 0 Å². The predicted molar refractivity (Wildman–Crippen MR) is 62.3 cm³/mol. The predicted octanol–water partition coefficient (Wildman–Crippen LogP) is 2.05. The van der Waals surface area contributed by atoms with Crippen LogP contribution < -0.4 is 0 Å². The second-order valence-corrected chi connectivity index (χ2v) is 4.72. The van der Waals surface area contributed by atoms with Crippen molar-refractivity contribution in [2.24, 2.45) is 0 Å². The van der Waals surface area contributed by atoms with Gasteiger partial charge in [0.1, 0.15) is 10.0 Å². The molecule has 1 aromatic rings. The number of nitrogens with zero attached hydrogens (tertiary/aromatic N) is 3. The second-order valence-electron chi connectivity index (χ2n) is 3.36. The van der Waals surface area contributed by atoms with E-state index in [2.05, 4.69) is 28.3 Å². The molecule has 0 radical (unpaired) electrons. The quantitative estimate of drug-likeness (QED) is 0.774. The first-order chi connectivity index (χ1) is 7.19. The van der Waals surface area contributed by atoms with E-state index in [1.165, 1.54) is 11.5 Å². The van der Waals surface area contributed by atoms with Gasteiger partial charge in [-0.1, -0.05) is 23.0 Å². The molecule has 0 aliphatic carbocycles. The number of halogens is 1. The van der Waals surface area contributed by atoms with Gasteiger partial charge in [0.2, 0.25) is 0 Å². The van der Waals surface area contributed by atoms with Crippen LogP contribution >= 0.6 is 23.1 Å². The summed E-state index contributed by atoms with van der Waals surface area (Å²) >= 11 is 7.19. The Morgan fingerprint density at radius 3 is 2.80 bits per heavy atom. The summed E-state index contributed by atoms with van der Waals surface area (Å²) in [5.74, 6) is 0. The molecule has 1 atom stereocenters. The largest absolute Gasteiger partial charge is 0.383 e. The van der Waals surface area contributed by atoms with E-state index < -0.39 is 0 Å². The van der Waals surface area contributed by atoms with Crippen molar-refractivity contribution in [1.29, 1.82) is 0 Å². The molecular formula is C9H16ClN3OS. The molecule has 1 unspecified atom stereocenters. The standard InChI is InChI=1S/C9H16ClN3OS/c1-4-13(7(2)6-14-3)5-8-9(10)15-12-11-8/h7H,4-6H2,1-3H3. The van der Waals surface area contributed by atoms with E-state index in [-0.39, 0.29) is 0 Å². The number of aromatic nitrogens is 2.